The van der Waals surface area contributed by atoms with E-state index in [1.165, 1.54) is 5.57 Å². The molecule has 0 aromatic carbocycles. The van der Waals surface area contributed by atoms with Crippen molar-refractivity contribution in [3.63, 3.8) is 0 Å². The van der Waals surface area contributed by atoms with Crippen LogP contribution < -0.4 is 5.32 Å². The van der Waals surface area contributed by atoms with Crippen LogP contribution in [-0.4, -0.2) is 37.4 Å². The minimum atomic E-state index is 0.193. The monoisotopic (exact) mass is 208 g/mol. The third kappa shape index (κ3) is 2.23. The number of fused-ring (bicyclic) bond motifs is 1. The summed E-state index contributed by atoms with van der Waals surface area (Å²) < 4.78 is 0. The molecule has 1 N–H and O–H groups in total. The fourth-order valence-electron chi connectivity index (χ4n) is 2.57. The summed E-state index contributed by atoms with van der Waals surface area (Å²) in [5, 5.41) is 3.36. The fourth-order valence-corrected chi connectivity index (χ4v) is 2.57. The lowest BCUT2D eigenvalue weighted by molar-refractivity contribution is -0.123. The van der Waals surface area contributed by atoms with Crippen LogP contribution in [0, 0.1) is 5.92 Å². The van der Waals surface area contributed by atoms with Crippen LogP contribution in [0.4, 0.5) is 0 Å². The maximum atomic E-state index is 11.8. The molecular weight excluding hydrogens is 188 g/mol. The van der Waals surface area contributed by atoms with Crippen molar-refractivity contribution in [1.29, 1.82) is 0 Å². The zero-order valence-electron chi connectivity index (χ0n) is 9.62. The molecule has 0 radical (unpaired) electrons. The largest absolute Gasteiger partial charge is 0.387 e. The average molecular weight is 208 g/mol. The molecule has 3 nitrogen and oxygen atoms in total. The van der Waals surface area contributed by atoms with E-state index in [1.54, 1.807) is 0 Å². The number of Topliss-reactive ketones (excluding diaryl/α,β-unsaturated/α-hetero) is 1. The van der Waals surface area contributed by atoms with Gasteiger partial charge in [-0.15, -0.1) is 0 Å². The molecular formula is C12H20N2O. The van der Waals surface area contributed by atoms with Crippen LogP contribution in [0.15, 0.2) is 11.8 Å². The van der Waals surface area contributed by atoms with Crippen LogP contribution in [-0.2, 0) is 4.79 Å². The lowest BCUT2D eigenvalue weighted by Gasteiger charge is -2.26. The molecule has 2 atom stereocenters. The van der Waals surface area contributed by atoms with Gasteiger partial charge in [0.2, 0.25) is 0 Å². The second-order valence-corrected chi connectivity index (χ2v) is 4.88. The Morgan fingerprint density at radius 3 is 3.07 bits per heavy atom. The van der Waals surface area contributed by atoms with Crippen molar-refractivity contribution in [1.82, 2.24) is 10.2 Å². The van der Waals surface area contributed by atoms with Crippen LogP contribution in [0.25, 0.3) is 0 Å². The number of ketones is 1. The molecule has 2 rings (SSSR count). The van der Waals surface area contributed by atoms with E-state index in [0.717, 1.165) is 32.2 Å². The number of hydrogen-bond donors (Lipinski definition) is 1. The van der Waals surface area contributed by atoms with E-state index >= 15 is 0 Å². The van der Waals surface area contributed by atoms with E-state index in [1.807, 2.05) is 0 Å². The molecule has 84 valence electrons. The topological polar surface area (TPSA) is 32.3 Å². The van der Waals surface area contributed by atoms with Crippen molar-refractivity contribution in [3.8, 4) is 0 Å². The highest BCUT2D eigenvalue weighted by molar-refractivity contribution is 5.85. The summed E-state index contributed by atoms with van der Waals surface area (Å²) in [6, 6.07) is 0.406. The van der Waals surface area contributed by atoms with E-state index in [2.05, 4.69) is 30.5 Å². The Labute approximate surface area is 91.5 Å². The lowest BCUT2D eigenvalue weighted by Crippen LogP contribution is -2.36. The first kappa shape index (κ1) is 10.7. The van der Waals surface area contributed by atoms with Crippen molar-refractivity contribution in [3.05, 3.63) is 11.8 Å². The Morgan fingerprint density at radius 2 is 2.33 bits per heavy atom. The zero-order valence-corrected chi connectivity index (χ0v) is 9.62. The highest BCUT2D eigenvalue weighted by Crippen LogP contribution is 2.32. The number of nitrogens with one attached hydrogen (secondary N) is 1. The first-order valence-electron chi connectivity index (χ1n) is 5.81. The average Bonchev–Trinajstić information content (AvgIpc) is 2.59. The van der Waals surface area contributed by atoms with Gasteiger partial charge in [-0.3, -0.25) is 4.79 Å². The standard InChI is InChI=1S/C12H20N2O/c1-14(2)7-6-9-8-13-10-4-3-5-11(15)12(9)10/h8,10,12-13H,3-7H2,1-2H3. The molecule has 3 heteroatoms. The van der Waals surface area contributed by atoms with Crippen molar-refractivity contribution in [2.75, 3.05) is 20.6 Å². The number of nitrogens with zero attached hydrogens (tertiary/aromatic N) is 1. The van der Waals surface area contributed by atoms with Gasteiger partial charge in [0, 0.05) is 19.0 Å². The zero-order chi connectivity index (χ0) is 10.8. The normalized spacial score (nSPS) is 30.1. The summed E-state index contributed by atoms with van der Waals surface area (Å²) in [5.74, 6) is 0.639. The Kier molecular flexibility index (Phi) is 3.10. The molecule has 0 aromatic heterocycles. The predicted molar refractivity (Wildman–Crippen MR) is 60.5 cm³/mol. The van der Waals surface area contributed by atoms with Crippen molar-refractivity contribution < 1.29 is 4.79 Å². The Bertz CT molecular complexity index is 283. The summed E-state index contributed by atoms with van der Waals surface area (Å²) in [4.78, 5) is 14.0. The molecule has 2 aliphatic rings. The van der Waals surface area contributed by atoms with Gasteiger partial charge in [-0.2, -0.15) is 0 Å². The quantitative estimate of drug-likeness (QED) is 0.755. The van der Waals surface area contributed by atoms with Gasteiger partial charge >= 0.3 is 0 Å². The molecule has 2 unspecified atom stereocenters. The van der Waals surface area contributed by atoms with Crippen molar-refractivity contribution in [2.24, 2.45) is 5.92 Å². The minimum absolute atomic E-state index is 0.193. The van der Waals surface area contributed by atoms with E-state index in [9.17, 15) is 4.79 Å². The number of hydrogen-bond acceptors (Lipinski definition) is 3. The predicted octanol–water partition coefficient (Wildman–Crippen LogP) is 1.16. The highest BCUT2D eigenvalue weighted by Gasteiger charge is 2.37. The summed E-state index contributed by atoms with van der Waals surface area (Å²) >= 11 is 0. The molecule has 1 aliphatic carbocycles. The maximum Gasteiger partial charge on any atom is 0.142 e. The summed E-state index contributed by atoms with van der Waals surface area (Å²) in [7, 11) is 4.15. The second-order valence-electron chi connectivity index (χ2n) is 4.88. The van der Waals surface area contributed by atoms with Gasteiger partial charge in [0.15, 0.2) is 0 Å². The van der Waals surface area contributed by atoms with E-state index in [-0.39, 0.29) is 5.92 Å². The highest BCUT2D eigenvalue weighted by atomic mass is 16.1. The molecule has 1 fully saturated rings. The van der Waals surface area contributed by atoms with Gasteiger partial charge in [0.05, 0.1) is 5.92 Å². The van der Waals surface area contributed by atoms with Gasteiger partial charge in [-0.05, 0) is 45.1 Å². The van der Waals surface area contributed by atoms with Crippen LogP contribution >= 0.6 is 0 Å². The van der Waals surface area contributed by atoms with Crippen LogP contribution in [0.5, 0.6) is 0 Å². The summed E-state index contributed by atoms with van der Waals surface area (Å²) in [6.45, 7) is 1.03. The van der Waals surface area contributed by atoms with Crippen LogP contribution in [0.3, 0.4) is 0 Å². The molecule has 0 bridgehead atoms. The molecule has 1 heterocycles. The van der Waals surface area contributed by atoms with Gasteiger partial charge in [0.1, 0.15) is 5.78 Å². The number of rotatable bonds is 3. The molecule has 0 aromatic rings. The smallest absolute Gasteiger partial charge is 0.142 e. The minimum Gasteiger partial charge on any atom is -0.387 e. The Hall–Kier alpha value is -0.830. The van der Waals surface area contributed by atoms with Gasteiger partial charge in [-0.1, -0.05) is 0 Å². The van der Waals surface area contributed by atoms with E-state index in [4.69, 9.17) is 0 Å². The van der Waals surface area contributed by atoms with Crippen molar-refractivity contribution in [2.45, 2.75) is 31.7 Å². The number of carbonyl (C=O) groups is 1. The van der Waals surface area contributed by atoms with E-state index in [0.29, 0.717) is 11.8 Å². The third-order valence-corrected chi connectivity index (χ3v) is 3.42. The SMILES string of the molecule is CN(C)CCC1=CNC2CCCC(=O)C12. The molecule has 0 amide bonds. The van der Waals surface area contributed by atoms with Crippen LogP contribution in [0.2, 0.25) is 0 Å². The lowest BCUT2D eigenvalue weighted by atomic mass is 9.80. The van der Waals surface area contributed by atoms with Gasteiger partial charge in [0.25, 0.3) is 0 Å². The van der Waals surface area contributed by atoms with E-state index < -0.39 is 0 Å². The maximum absolute atomic E-state index is 11.8. The fraction of sp³-hybridized carbons (Fsp3) is 0.750. The Morgan fingerprint density at radius 1 is 1.53 bits per heavy atom. The summed E-state index contributed by atoms with van der Waals surface area (Å²) in [5.41, 5.74) is 1.32. The number of carbonyl (C=O) groups excluding carboxylic acids is 1. The first-order valence-corrected chi connectivity index (χ1v) is 5.81. The molecule has 1 aliphatic heterocycles. The van der Waals surface area contributed by atoms with Crippen LogP contribution in [0.1, 0.15) is 25.7 Å². The van der Waals surface area contributed by atoms with Crippen molar-refractivity contribution >= 4 is 5.78 Å². The molecule has 0 saturated heterocycles. The van der Waals surface area contributed by atoms with Gasteiger partial charge in [-0.25, -0.2) is 0 Å². The Balaban J connectivity index is 1.98. The van der Waals surface area contributed by atoms with Gasteiger partial charge < -0.3 is 10.2 Å². The third-order valence-electron chi connectivity index (χ3n) is 3.42. The molecule has 0 spiro atoms. The first-order chi connectivity index (χ1) is 7.18. The molecule has 1 saturated carbocycles. The summed E-state index contributed by atoms with van der Waals surface area (Å²) in [6.07, 6.45) is 6.09. The molecule has 15 heavy (non-hydrogen) atoms. The second kappa shape index (κ2) is 4.35.